The molecule has 2 atom stereocenters. The smallest absolute Gasteiger partial charge is 0.309 e. The minimum Gasteiger partial charge on any atom is -0.481 e. The van der Waals surface area contributed by atoms with Crippen molar-refractivity contribution in [1.29, 1.82) is 0 Å². The van der Waals surface area contributed by atoms with E-state index in [-0.39, 0.29) is 36.4 Å². The molecule has 5 rings (SSSR count). The van der Waals surface area contributed by atoms with Gasteiger partial charge in [0, 0.05) is 23.9 Å². The average molecular weight is 457 g/mol. The molecule has 1 fully saturated rings. The third kappa shape index (κ3) is 3.35. The number of nitrogens with zero attached hydrogens (tertiary/aromatic N) is 3. The van der Waals surface area contributed by atoms with Crippen molar-refractivity contribution >= 4 is 37.9 Å². The van der Waals surface area contributed by atoms with Gasteiger partial charge in [-0.15, -0.1) is 0 Å². The number of hydrogen-bond acceptors (Lipinski definition) is 5. The van der Waals surface area contributed by atoms with Gasteiger partial charge in [-0.1, -0.05) is 6.92 Å². The molecule has 8 nitrogen and oxygen atoms in total. The van der Waals surface area contributed by atoms with Gasteiger partial charge in [-0.3, -0.25) is 9.48 Å². The summed E-state index contributed by atoms with van der Waals surface area (Å²) in [6.07, 6.45) is 1.20. The van der Waals surface area contributed by atoms with Gasteiger partial charge < -0.3 is 9.52 Å². The standard InChI is InChI=1S/C22H20FN3O5S/c1-13-11-25(32(29,30)16-3-5-21-14(8-16)6-7-31-21)12-20(13)26-19-9-15(23)2-4-17(19)18(24-26)10-22(27)28/h2-9,13,20H,10-12H2,1H3,(H,27,28)/t13-,20+/m1/s1. The van der Waals surface area contributed by atoms with Gasteiger partial charge in [0.1, 0.15) is 11.4 Å². The van der Waals surface area contributed by atoms with Crippen LogP contribution in [-0.2, 0) is 21.2 Å². The summed E-state index contributed by atoms with van der Waals surface area (Å²) in [7, 11) is -3.77. The van der Waals surface area contributed by atoms with Gasteiger partial charge >= 0.3 is 5.97 Å². The molecule has 2 aromatic carbocycles. The predicted molar refractivity (Wildman–Crippen MR) is 114 cm³/mol. The van der Waals surface area contributed by atoms with E-state index < -0.39 is 21.8 Å². The number of benzene rings is 2. The number of furan rings is 1. The van der Waals surface area contributed by atoms with Crippen LogP contribution in [0.2, 0.25) is 0 Å². The third-order valence-electron chi connectivity index (χ3n) is 5.98. The number of fused-ring (bicyclic) bond motifs is 2. The number of carboxylic acid groups (broad SMARTS) is 1. The SMILES string of the molecule is C[C@@H]1CN(S(=O)(=O)c2ccc3occc3c2)C[C@@H]1n1nc(CC(=O)O)c2ccc(F)cc21. The highest BCUT2D eigenvalue weighted by Crippen LogP contribution is 2.35. The van der Waals surface area contributed by atoms with E-state index in [9.17, 15) is 22.7 Å². The lowest BCUT2D eigenvalue weighted by atomic mass is 10.1. The summed E-state index contributed by atoms with van der Waals surface area (Å²) in [6.45, 7) is 2.32. The van der Waals surface area contributed by atoms with Gasteiger partial charge in [-0.2, -0.15) is 9.40 Å². The topological polar surface area (TPSA) is 106 Å². The Bertz CT molecular complexity index is 1460. The second-order valence-electron chi connectivity index (χ2n) is 8.11. The molecule has 1 aliphatic rings. The molecule has 1 aliphatic heterocycles. The number of halogens is 1. The lowest BCUT2D eigenvalue weighted by Crippen LogP contribution is -2.29. The summed E-state index contributed by atoms with van der Waals surface area (Å²) in [4.78, 5) is 11.4. The molecule has 0 amide bonds. The maximum absolute atomic E-state index is 14.0. The molecular weight excluding hydrogens is 437 g/mol. The molecular formula is C22H20FN3O5S. The normalized spacial score (nSPS) is 19.8. The number of carbonyl (C=O) groups is 1. The maximum atomic E-state index is 14.0. The van der Waals surface area contributed by atoms with Crippen LogP contribution in [0.1, 0.15) is 18.7 Å². The first-order chi connectivity index (χ1) is 15.2. The molecule has 0 radical (unpaired) electrons. The van der Waals surface area contributed by atoms with Crippen molar-refractivity contribution in [2.45, 2.75) is 24.3 Å². The molecule has 32 heavy (non-hydrogen) atoms. The van der Waals surface area contributed by atoms with Gasteiger partial charge in [0.15, 0.2) is 0 Å². The van der Waals surface area contributed by atoms with Crippen molar-refractivity contribution in [2.75, 3.05) is 13.1 Å². The molecule has 10 heteroatoms. The van der Waals surface area contributed by atoms with E-state index in [4.69, 9.17) is 4.42 Å². The minimum absolute atomic E-state index is 0.119. The molecule has 0 spiro atoms. The summed E-state index contributed by atoms with van der Waals surface area (Å²) >= 11 is 0. The van der Waals surface area contributed by atoms with Crippen molar-refractivity contribution in [3.8, 4) is 0 Å². The summed E-state index contributed by atoms with van der Waals surface area (Å²) < 4.78 is 48.9. The van der Waals surface area contributed by atoms with E-state index in [0.29, 0.717) is 27.6 Å². The molecule has 0 unspecified atom stereocenters. The highest BCUT2D eigenvalue weighted by molar-refractivity contribution is 7.89. The Morgan fingerprint density at radius 1 is 1.22 bits per heavy atom. The lowest BCUT2D eigenvalue weighted by molar-refractivity contribution is -0.136. The fourth-order valence-electron chi connectivity index (χ4n) is 4.38. The fraction of sp³-hybridized carbons (Fsp3) is 0.273. The maximum Gasteiger partial charge on any atom is 0.309 e. The van der Waals surface area contributed by atoms with Crippen molar-refractivity contribution in [3.05, 3.63) is 60.2 Å². The summed E-state index contributed by atoms with van der Waals surface area (Å²) in [6, 6.07) is 10.2. The van der Waals surface area contributed by atoms with Crippen molar-refractivity contribution in [2.24, 2.45) is 5.92 Å². The molecule has 2 aromatic heterocycles. The number of rotatable bonds is 5. The molecule has 3 heterocycles. The van der Waals surface area contributed by atoms with E-state index in [1.807, 2.05) is 6.92 Å². The van der Waals surface area contributed by atoms with Gasteiger partial charge in [0.2, 0.25) is 10.0 Å². The van der Waals surface area contributed by atoms with Crippen molar-refractivity contribution in [1.82, 2.24) is 14.1 Å². The average Bonchev–Trinajstić information content (AvgIpc) is 3.44. The summed E-state index contributed by atoms with van der Waals surface area (Å²) in [5, 5.41) is 14.9. The van der Waals surface area contributed by atoms with Gasteiger partial charge in [0.25, 0.3) is 0 Å². The van der Waals surface area contributed by atoms with Crippen molar-refractivity contribution in [3.63, 3.8) is 0 Å². The van der Waals surface area contributed by atoms with Crippen LogP contribution < -0.4 is 0 Å². The Morgan fingerprint density at radius 2 is 2.03 bits per heavy atom. The largest absolute Gasteiger partial charge is 0.481 e. The number of aromatic nitrogens is 2. The van der Waals surface area contributed by atoms with Crippen LogP contribution >= 0.6 is 0 Å². The van der Waals surface area contributed by atoms with Gasteiger partial charge in [-0.25, -0.2) is 12.8 Å². The van der Waals surface area contributed by atoms with E-state index >= 15 is 0 Å². The van der Waals surface area contributed by atoms with Crippen LogP contribution in [0.15, 0.2) is 58.0 Å². The zero-order chi connectivity index (χ0) is 22.6. The Morgan fingerprint density at radius 3 is 2.81 bits per heavy atom. The van der Waals surface area contributed by atoms with Crippen LogP contribution in [0.25, 0.3) is 21.9 Å². The molecule has 0 bridgehead atoms. The molecule has 1 saturated heterocycles. The Kier molecular flexibility index (Phi) is 4.79. The van der Waals surface area contributed by atoms with Crippen LogP contribution in [0.5, 0.6) is 0 Å². The highest BCUT2D eigenvalue weighted by Gasteiger charge is 2.39. The minimum atomic E-state index is -3.77. The number of aliphatic carboxylic acids is 1. The van der Waals surface area contributed by atoms with Crippen LogP contribution in [0.3, 0.4) is 0 Å². The van der Waals surface area contributed by atoms with E-state index in [1.165, 1.54) is 34.8 Å². The third-order valence-corrected chi connectivity index (χ3v) is 7.81. The summed E-state index contributed by atoms with van der Waals surface area (Å²) in [5.41, 5.74) is 1.39. The van der Waals surface area contributed by atoms with E-state index in [2.05, 4.69) is 5.10 Å². The Hall–Kier alpha value is -3.24. The predicted octanol–water partition coefficient (Wildman–Crippen LogP) is 3.43. The summed E-state index contributed by atoms with van der Waals surface area (Å²) in [5.74, 6) is -1.63. The fourth-order valence-corrected chi connectivity index (χ4v) is 5.97. The molecule has 1 N–H and O–H groups in total. The van der Waals surface area contributed by atoms with E-state index in [0.717, 1.165) is 0 Å². The van der Waals surface area contributed by atoms with Gasteiger partial charge in [-0.05, 0) is 48.4 Å². The second kappa shape index (κ2) is 7.42. The first kappa shape index (κ1) is 20.7. The van der Waals surface area contributed by atoms with Crippen LogP contribution in [0, 0.1) is 11.7 Å². The van der Waals surface area contributed by atoms with Crippen LogP contribution in [0.4, 0.5) is 4.39 Å². The molecule has 166 valence electrons. The molecule has 0 saturated carbocycles. The van der Waals surface area contributed by atoms with Crippen LogP contribution in [-0.4, -0.2) is 46.7 Å². The Labute approximate surface area is 182 Å². The quantitative estimate of drug-likeness (QED) is 0.492. The molecule has 0 aliphatic carbocycles. The number of hydrogen-bond donors (Lipinski definition) is 1. The highest BCUT2D eigenvalue weighted by atomic mass is 32.2. The number of sulfonamides is 1. The lowest BCUT2D eigenvalue weighted by Gasteiger charge is -2.17. The first-order valence-electron chi connectivity index (χ1n) is 10.1. The zero-order valence-electron chi connectivity index (χ0n) is 17.1. The Balaban J connectivity index is 1.52. The zero-order valence-corrected chi connectivity index (χ0v) is 17.9. The second-order valence-corrected chi connectivity index (χ2v) is 10.0. The molecule has 4 aromatic rings. The first-order valence-corrected chi connectivity index (χ1v) is 11.5. The number of carboxylic acids is 1. The van der Waals surface area contributed by atoms with Crippen molar-refractivity contribution < 1.29 is 27.1 Å². The van der Waals surface area contributed by atoms with Gasteiger partial charge in [0.05, 0.1) is 34.8 Å². The van der Waals surface area contributed by atoms with E-state index in [1.54, 1.807) is 22.9 Å². The monoisotopic (exact) mass is 457 g/mol.